The van der Waals surface area contributed by atoms with Gasteiger partial charge in [-0.2, -0.15) is 11.8 Å². The van der Waals surface area contributed by atoms with Gasteiger partial charge in [-0.05, 0) is 23.8 Å². The van der Waals surface area contributed by atoms with E-state index in [-0.39, 0.29) is 4.99 Å². The highest BCUT2D eigenvalue weighted by Gasteiger charge is 2.16. The van der Waals surface area contributed by atoms with Gasteiger partial charge in [0.05, 0.1) is 0 Å². The maximum Gasteiger partial charge on any atom is 0.155 e. The molecule has 0 amide bonds. The lowest BCUT2D eigenvalue weighted by molar-refractivity contribution is 0.630. The van der Waals surface area contributed by atoms with Crippen molar-refractivity contribution in [2.24, 2.45) is 11.7 Å². The molecule has 1 fully saturated rings. The van der Waals surface area contributed by atoms with Gasteiger partial charge in [0, 0.05) is 18.9 Å². The van der Waals surface area contributed by atoms with Crippen LogP contribution in [-0.2, 0) is 0 Å². The van der Waals surface area contributed by atoms with Gasteiger partial charge >= 0.3 is 0 Å². The van der Waals surface area contributed by atoms with E-state index in [0.29, 0.717) is 17.4 Å². The lowest BCUT2D eigenvalue weighted by Crippen LogP contribution is -2.19. The normalized spacial score (nSPS) is 19.6. The second kappa shape index (κ2) is 5.45. The Balaban J connectivity index is 2.00. The molecular weight excluding hydrogens is 240 g/mol. The van der Waals surface area contributed by atoms with Crippen LogP contribution in [0.25, 0.3) is 0 Å². The van der Waals surface area contributed by atoms with Crippen LogP contribution in [0, 0.1) is 5.92 Å². The lowest BCUT2D eigenvalue weighted by Gasteiger charge is -2.12. The SMILES string of the molecule is NC(=S)c1nccnc1NCC1CCSC1. The summed E-state index contributed by atoms with van der Waals surface area (Å²) in [6.07, 6.45) is 4.51. The van der Waals surface area contributed by atoms with E-state index >= 15 is 0 Å². The molecule has 0 radical (unpaired) electrons. The molecule has 1 aromatic heterocycles. The van der Waals surface area contributed by atoms with Gasteiger partial charge in [0.25, 0.3) is 0 Å². The molecule has 1 aliphatic heterocycles. The average molecular weight is 254 g/mol. The second-order valence-corrected chi connectivity index (χ2v) is 5.32. The number of rotatable bonds is 4. The third-order valence-corrected chi connectivity index (χ3v) is 3.94. The van der Waals surface area contributed by atoms with Gasteiger partial charge in [-0.25, -0.2) is 9.97 Å². The molecule has 6 heteroatoms. The average Bonchev–Trinajstić information content (AvgIpc) is 2.79. The van der Waals surface area contributed by atoms with Crippen LogP contribution in [0.4, 0.5) is 5.82 Å². The molecule has 0 aromatic carbocycles. The summed E-state index contributed by atoms with van der Waals surface area (Å²) in [5.74, 6) is 3.89. The minimum absolute atomic E-state index is 0.288. The molecule has 3 N–H and O–H groups in total. The van der Waals surface area contributed by atoms with E-state index in [1.54, 1.807) is 12.4 Å². The molecule has 2 heterocycles. The lowest BCUT2D eigenvalue weighted by atomic mass is 10.1. The molecule has 0 saturated carbocycles. The maximum atomic E-state index is 5.58. The summed E-state index contributed by atoms with van der Waals surface area (Å²) in [4.78, 5) is 8.63. The first-order valence-electron chi connectivity index (χ1n) is 5.20. The van der Waals surface area contributed by atoms with Gasteiger partial charge in [-0.3, -0.25) is 0 Å². The Morgan fingerprint density at radius 2 is 2.38 bits per heavy atom. The molecule has 2 rings (SSSR count). The summed E-state index contributed by atoms with van der Waals surface area (Å²) >= 11 is 6.93. The van der Waals surface area contributed by atoms with E-state index in [4.69, 9.17) is 18.0 Å². The monoisotopic (exact) mass is 254 g/mol. The van der Waals surface area contributed by atoms with E-state index in [2.05, 4.69) is 15.3 Å². The van der Waals surface area contributed by atoms with Crippen LogP contribution in [0.5, 0.6) is 0 Å². The van der Waals surface area contributed by atoms with E-state index < -0.39 is 0 Å². The van der Waals surface area contributed by atoms with Crippen molar-refractivity contribution in [3.8, 4) is 0 Å². The Labute approximate surface area is 104 Å². The highest BCUT2D eigenvalue weighted by molar-refractivity contribution is 7.99. The maximum absolute atomic E-state index is 5.58. The molecule has 1 saturated heterocycles. The van der Waals surface area contributed by atoms with Crippen LogP contribution in [-0.4, -0.2) is 33.0 Å². The number of thioether (sulfide) groups is 1. The first-order chi connectivity index (χ1) is 7.77. The first-order valence-corrected chi connectivity index (χ1v) is 6.76. The van der Waals surface area contributed by atoms with Crippen LogP contribution in [0.15, 0.2) is 12.4 Å². The van der Waals surface area contributed by atoms with Gasteiger partial charge in [0.15, 0.2) is 5.82 Å². The van der Waals surface area contributed by atoms with E-state index in [0.717, 1.165) is 6.54 Å². The molecule has 1 aromatic rings. The van der Waals surface area contributed by atoms with Crippen molar-refractivity contribution < 1.29 is 0 Å². The Hall–Kier alpha value is -0.880. The quantitative estimate of drug-likeness (QED) is 0.789. The highest BCUT2D eigenvalue weighted by Crippen LogP contribution is 2.23. The summed E-state index contributed by atoms with van der Waals surface area (Å²) in [5, 5.41) is 3.28. The molecule has 86 valence electrons. The minimum atomic E-state index is 0.288. The predicted molar refractivity (Wildman–Crippen MR) is 71.8 cm³/mol. The van der Waals surface area contributed by atoms with E-state index in [9.17, 15) is 0 Å². The largest absolute Gasteiger partial charge is 0.388 e. The number of nitrogens with two attached hydrogens (primary N) is 1. The molecule has 0 bridgehead atoms. The summed E-state index contributed by atoms with van der Waals surface area (Å²) in [6, 6.07) is 0. The van der Waals surface area contributed by atoms with Crippen molar-refractivity contribution >= 4 is 34.8 Å². The molecular formula is C10H14N4S2. The summed E-state index contributed by atoms with van der Waals surface area (Å²) in [6.45, 7) is 0.918. The number of hydrogen-bond acceptors (Lipinski definition) is 5. The van der Waals surface area contributed by atoms with Crippen LogP contribution in [0.2, 0.25) is 0 Å². The third-order valence-electron chi connectivity index (χ3n) is 2.51. The van der Waals surface area contributed by atoms with Gasteiger partial charge < -0.3 is 11.1 Å². The van der Waals surface area contributed by atoms with E-state index in [1.807, 2.05) is 11.8 Å². The Kier molecular flexibility index (Phi) is 3.95. The second-order valence-electron chi connectivity index (χ2n) is 3.73. The van der Waals surface area contributed by atoms with Crippen LogP contribution in [0.1, 0.15) is 12.1 Å². The summed E-state index contributed by atoms with van der Waals surface area (Å²) in [5.41, 5.74) is 6.17. The number of aromatic nitrogens is 2. The molecule has 1 atom stereocenters. The highest BCUT2D eigenvalue weighted by atomic mass is 32.2. The Morgan fingerprint density at radius 3 is 3.06 bits per heavy atom. The van der Waals surface area contributed by atoms with Gasteiger partial charge in [0.1, 0.15) is 10.7 Å². The molecule has 1 unspecified atom stereocenters. The van der Waals surface area contributed by atoms with Crippen molar-refractivity contribution in [1.82, 2.24) is 9.97 Å². The standard InChI is InChI=1S/C10H14N4S2/c11-9(15)8-10(13-3-2-12-8)14-5-7-1-4-16-6-7/h2-3,7H,1,4-6H2,(H2,11,15)(H,13,14). The fourth-order valence-electron chi connectivity index (χ4n) is 1.63. The minimum Gasteiger partial charge on any atom is -0.388 e. The fourth-order valence-corrected chi connectivity index (χ4v) is 3.07. The molecule has 0 spiro atoms. The molecule has 4 nitrogen and oxygen atoms in total. The smallest absolute Gasteiger partial charge is 0.155 e. The van der Waals surface area contributed by atoms with Crippen LogP contribution in [0.3, 0.4) is 0 Å². The Morgan fingerprint density at radius 1 is 1.56 bits per heavy atom. The van der Waals surface area contributed by atoms with Crippen LogP contribution < -0.4 is 11.1 Å². The molecule has 1 aliphatic rings. The van der Waals surface area contributed by atoms with Gasteiger partial charge in [-0.1, -0.05) is 12.2 Å². The van der Waals surface area contributed by atoms with E-state index in [1.165, 1.54) is 17.9 Å². The van der Waals surface area contributed by atoms with Crippen molar-refractivity contribution in [2.45, 2.75) is 6.42 Å². The Bertz CT molecular complexity index is 377. The number of nitrogens with one attached hydrogen (secondary N) is 1. The zero-order valence-corrected chi connectivity index (χ0v) is 10.5. The van der Waals surface area contributed by atoms with Crippen molar-refractivity contribution in [3.05, 3.63) is 18.1 Å². The van der Waals surface area contributed by atoms with Crippen LogP contribution >= 0.6 is 24.0 Å². The number of nitrogens with zero attached hydrogens (tertiary/aromatic N) is 2. The van der Waals surface area contributed by atoms with Crippen molar-refractivity contribution in [1.29, 1.82) is 0 Å². The number of thiocarbonyl (C=S) groups is 1. The third kappa shape index (κ3) is 2.82. The fraction of sp³-hybridized carbons (Fsp3) is 0.500. The zero-order valence-electron chi connectivity index (χ0n) is 8.85. The van der Waals surface area contributed by atoms with Gasteiger partial charge in [0.2, 0.25) is 0 Å². The number of hydrogen-bond donors (Lipinski definition) is 2. The first kappa shape index (κ1) is 11.6. The molecule has 16 heavy (non-hydrogen) atoms. The van der Waals surface area contributed by atoms with Gasteiger partial charge in [-0.15, -0.1) is 0 Å². The van der Waals surface area contributed by atoms with Crippen molar-refractivity contribution in [2.75, 3.05) is 23.4 Å². The summed E-state index contributed by atoms with van der Waals surface area (Å²) < 4.78 is 0. The molecule has 0 aliphatic carbocycles. The topological polar surface area (TPSA) is 63.8 Å². The number of anilines is 1. The zero-order chi connectivity index (χ0) is 11.4. The summed E-state index contributed by atoms with van der Waals surface area (Å²) in [7, 11) is 0. The predicted octanol–water partition coefficient (Wildman–Crippen LogP) is 1.28. The van der Waals surface area contributed by atoms with Crippen molar-refractivity contribution in [3.63, 3.8) is 0 Å².